The fourth-order valence-corrected chi connectivity index (χ4v) is 4.04. The first-order valence-electron chi connectivity index (χ1n) is 8.60. The lowest BCUT2D eigenvalue weighted by Crippen LogP contribution is -2.49. The van der Waals surface area contributed by atoms with E-state index < -0.39 is 17.7 Å². The van der Waals surface area contributed by atoms with E-state index >= 15 is 0 Å². The summed E-state index contributed by atoms with van der Waals surface area (Å²) in [5.74, 6) is -1.44. The summed E-state index contributed by atoms with van der Waals surface area (Å²) in [7, 11) is 0. The molecule has 0 aliphatic heterocycles. The van der Waals surface area contributed by atoms with Gasteiger partial charge in [-0.3, -0.25) is 25.2 Å². The van der Waals surface area contributed by atoms with E-state index in [4.69, 9.17) is 0 Å². The number of thiophene rings is 1. The smallest absolute Gasteiger partial charge is 0.327 e. The van der Waals surface area contributed by atoms with Crippen molar-refractivity contribution in [2.24, 2.45) is 11.3 Å². The molecule has 138 valence electrons. The van der Waals surface area contributed by atoms with Crippen molar-refractivity contribution in [1.82, 2.24) is 16.2 Å². The Kier molecular flexibility index (Phi) is 5.87. The Balaban J connectivity index is 1.95. The van der Waals surface area contributed by atoms with Gasteiger partial charge >= 0.3 is 11.8 Å². The lowest BCUT2D eigenvalue weighted by Gasteiger charge is -2.33. The van der Waals surface area contributed by atoms with Crippen LogP contribution in [-0.4, -0.2) is 23.8 Å². The Morgan fingerprint density at radius 3 is 2.44 bits per heavy atom. The topological polar surface area (TPSA) is 87.3 Å². The van der Waals surface area contributed by atoms with Crippen LogP contribution in [0.1, 0.15) is 61.2 Å². The first-order valence-corrected chi connectivity index (χ1v) is 9.42. The predicted molar refractivity (Wildman–Crippen MR) is 98.2 cm³/mol. The van der Waals surface area contributed by atoms with Crippen LogP contribution in [0.4, 0.5) is 0 Å². The molecule has 25 heavy (non-hydrogen) atoms. The predicted octanol–water partition coefficient (Wildman–Crippen LogP) is 2.18. The van der Waals surface area contributed by atoms with Crippen molar-refractivity contribution in [2.45, 2.75) is 59.9 Å². The number of nitrogens with one attached hydrogen (secondary N) is 3. The third-order valence-corrected chi connectivity index (χ3v) is 5.68. The quantitative estimate of drug-likeness (QED) is 0.554. The monoisotopic (exact) mass is 365 g/mol. The number of rotatable bonds is 2. The van der Waals surface area contributed by atoms with Crippen molar-refractivity contribution in [3.05, 3.63) is 21.4 Å². The molecule has 7 heteroatoms. The van der Waals surface area contributed by atoms with Crippen molar-refractivity contribution >= 4 is 29.1 Å². The maximum absolute atomic E-state index is 12.2. The van der Waals surface area contributed by atoms with Crippen LogP contribution < -0.4 is 16.2 Å². The van der Waals surface area contributed by atoms with Crippen molar-refractivity contribution in [1.29, 1.82) is 0 Å². The van der Waals surface area contributed by atoms with Gasteiger partial charge in [0.2, 0.25) is 0 Å². The van der Waals surface area contributed by atoms with E-state index in [9.17, 15) is 14.4 Å². The summed E-state index contributed by atoms with van der Waals surface area (Å²) >= 11 is 1.46. The average Bonchev–Trinajstić information content (AvgIpc) is 2.93. The van der Waals surface area contributed by atoms with Crippen molar-refractivity contribution in [3.8, 4) is 0 Å². The van der Waals surface area contributed by atoms with E-state index in [2.05, 4.69) is 36.9 Å². The summed E-state index contributed by atoms with van der Waals surface area (Å²) in [5, 5.41) is 2.47. The molecule has 0 bridgehead atoms. The fourth-order valence-electron chi connectivity index (χ4n) is 2.93. The first-order chi connectivity index (χ1) is 11.6. The van der Waals surface area contributed by atoms with Gasteiger partial charge in [0.1, 0.15) is 0 Å². The highest BCUT2D eigenvalue weighted by Gasteiger charge is 2.30. The van der Waals surface area contributed by atoms with Gasteiger partial charge in [-0.15, -0.1) is 11.3 Å². The van der Waals surface area contributed by atoms with Gasteiger partial charge in [-0.05, 0) is 56.1 Å². The fraction of sp³-hybridized carbons (Fsp3) is 0.611. The molecule has 6 nitrogen and oxygen atoms in total. The zero-order valence-corrected chi connectivity index (χ0v) is 16.3. The Labute approximate surface area is 152 Å². The molecule has 0 spiro atoms. The van der Waals surface area contributed by atoms with Crippen LogP contribution in [0.3, 0.4) is 0 Å². The number of hydrogen-bond acceptors (Lipinski definition) is 4. The number of aryl methyl sites for hydroxylation is 1. The molecule has 0 unspecified atom stereocenters. The van der Waals surface area contributed by atoms with Crippen molar-refractivity contribution in [2.75, 3.05) is 0 Å². The largest absolute Gasteiger partial charge is 0.346 e. The zero-order chi connectivity index (χ0) is 18.8. The van der Waals surface area contributed by atoms with Crippen molar-refractivity contribution < 1.29 is 14.4 Å². The summed E-state index contributed by atoms with van der Waals surface area (Å²) in [6.45, 7) is 10.3. The highest BCUT2D eigenvalue weighted by Crippen LogP contribution is 2.39. The number of carbonyl (C=O) groups excluding carboxylic acids is 3. The van der Waals surface area contributed by atoms with Crippen LogP contribution in [0, 0.1) is 11.3 Å². The van der Waals surface area contributed by atoms with Crippen molar-refractivity contribution in [3.63, 3.8) is 0 Å². The number of hydrogen-bond donors (Lipinski definition) is 3. The Bertz CT molecular complexity index is 674. The third kappa shape index (κ3) is 5.04. The molecule has 1 aliphatic carbocycles. The van der Waals surface area contributed by atoms with E-state index in [-0.39, 0.29) is 11.5 Å². The van der Waals surface area contributed by atoms with Gasteiger partial charge in [0.25, 0.3) is 5.91 Å². The van der Waals surface area contributed by atoms with Crippen LogP contribution in [0.5, 0.6) is 0 Å². The molecule has 1 aliphatic rings. The molecule has 3 amide bonds. The molecule has 0 saturated carbocycles. The molecule has 1 aromatic heterocycles. The second kappa shape index (κ2) is 7.56. The minimum absolute atomic E-state index is 0.145. The number of amides is 3. The molecule has 3 N–H and O–H groups in total. The summed E-state index contributed by atoms with van der Waals surface area (Å²) in [6, 6.07) is 1.77. The molecule has 1 heterocycles. The van der Waals surface area contributed by atoms with Gasteiger partial charge in [0.15, 0.2) is 0 Å². The second-order valence-electron chi connectivity index (χ2n) is 7.90. The van der Waals surface area contributed by atoms with Crippen LogP contribution in [0.25, 0.3) is 0 Å². The van der Waals surface area contributed by atoms with E-state index in [1.807, 2.05) is 6.07 Å². The van der Waals surface area contributed by atoms with E-state index in [0.717, 1.165) is 19.3 Å². The molecule has 0 aromatic carbocycles. The highest BCUT2D eigenvalue weighted by atomic mass is 32.1. The molecule has 0 radical (unpaired) electrons. The highest BCUT2D eigenvalue weighted by molar-refractivity contribution is 7.14. The van der Waals surface area contributed by atoms with Crippen LogP contribution in [0.2, 0.25) is 0 Å². The molecule has 0 saturated heterocycles. The Morgan fingerprint density at radius 1 is 1.16 bits per heavy atom. The van der Waals surface area contributed by atoms with E-state index in [0.29, 0.717) is 10.8 Å². The number of fused-ring (bicyclic) bond motifs is 1. The molecule has 0 fully saturated rings. The molecular formula is C18H27N3O3S. The summed E-state index contributed by atoms with van der Waals surface area (Å²) in [4.78, 5) is 37.2. The van der Waals surface area contributed by atoms with Gasteiger partial charge in [-0.1, -0.05) is 20.8 Å². The maximum atomic E-state index is 12.2. The Hall–Kier alpha value is -1.89. The Morgan fingerprint density at radius 2 is 1.84 bits per heavy atom. The van der Waals surface area contributed by atoms with Gasteiger partial charge < -0.3 is 5.32 Å². The molecule has 1 atom stereocenters. The van der Waals surface area contributed by atoms with E-state index in [1.54, 1.807) is 13.8 Å². The summed E-state index contributed by atoms with van der Waals surface area (Å²) < 4.78 is 0. The summed E-state index contributed by atoms with van der Waals surface area (Å²) in [5.41, 5.74) is 5.95. The maximum Gasteiger partial charge on any atom is 0.327 e. The molecular weight excluding hydrogens is 338 g/mol. The number of carbonyl (C=O) groups is 3. The van der Waals surface area contributed by atoms with Crippen LogP contribution >= 0.6 is 11.3 Å². The standard InChI is InChI=1S/C18H27N3O3S/c1-10(2)19-16(23)17(24)21-20-15(22)14-9-11-8-12(18(3,4)5)6-7-13(11)25-14/h9-10,12H,6-8H2,1-5H3,(H,19,23)(H,20,22)(H,21,24)/t12-/m0/s1. The first kappa shape index (κ1) is 19.4. The summed E-state index contributed by atoms with van der Waals surface area (Å²) in [6.07, 6.45) is 3.09. The van der Waals surface area contributed by atoms with Gasteiger partial charge in [0.05, 0.1) is 4.88 Å². The molecule has 1 aromatic rings. The molecule has 2 rings (SSSR count). The lowest BCUT2D eigenvalue weighted by molar-refractivity contribution is -0.139. The van der Waals surface area contributed by atoms with Gasteiger partial charge in [-0.2, -0.15) is 0 Å². The average molecular weight is 365 g/mol. The van der Waals surface area contributed by atoms with Crippen LogP contribution in [0.15, 0.2) is 6.07 Å². The SMILES string of the molecule is CC(C)NC(=O)C(=O)NNC(=O)c1cc2c(s1)CC[C@H](C(C)(C)C)C2. The lowest BCUT2D eigenvalue weighted by atomic mass is 9.72. The normalized spacial score (nSPS) is 17.0. The zero-order valence-electron chi connectivity index (χ0n) is 15.5. The van der Waals surface area contributed by atoms with Gasteiger partial charge in [0, 0.05) is 10.9 Å². The van der Waals surface area contributed by atoms with E-state index in [1.165, 1.54) is 21.8 Å². The minimum Gasteiger partial charge on any atom is -0.346 e. The third-order valence-electron chi connectivity index (χ3n) is 4.45. The second-order valence-corrected chi connectivity index (χ2v) is 9.04. The van der Waals surface area contributed by atoms with Gasteiger partial charge in [-0.25, -0.2) is 0 Å². The number of hydrazine groups is 1. The van der Waals surface area contributed by atoms with Crippen LogP contribution in [-0.2, 0) is 22.4 Å². The minimum atomic E-state index is -0.879.